The van der Waals surface area contributed by atoms with Crippen molar-refractivity contribution in [1.82, 2.24) is 5.32 Å². The molecule has 0 atom stereocenters. The third-order valence-electron chi connectivity index (χ3n) is 3.91. The minimum absolute atomic E-state index is 0.776. The van der Waals surface area contributed by atoms with Crippen LogP contribution in [0.5, 0.6) is 5.75 Å². The molecule has 0 spiro atoms. The zero-order chi connectivity index (χ0) is 13.5. The van der Waals surface area contributed by atoms with E-state index < -0.39 is 0 Å². The topological polar surface area (TPSA) is 21.3 Å². The average Bonchev–Trinajstić information content (AvgIpc) is 2.91. The van der Waals surface area contributed by atoms with Gasteiger partial charge in [0.15, 0.2) is 0 Å². The number of rotatable bonds is 7. The van der Waals surface area contributed by atoms with Crippen molar-refractivity contribution in [2.45, 2.75) is 52.5 Å². The highest BCUT2D eigenvalue weighted by Gasteiger charge is 2.16. The van der Waals surface area contributed by atoms with Gasteiger partial charge in [-0.2, -0.15) is 0 Å². The number of benzene rings is 1. The van der Waals surface area contributed by atoms with Gasteiger partial charge in [0.05, 0.1) is 6.61 Å². The second-order valence-electron chi connectivity index (χ2n) is 5.75. The molecule has 19 heavy (non-hydrogen) atoms. The number of hydrogen-bond donors (Lipinski definition) is 1. The van der Waals surface area contributed by atoms with E-state index in [1.807, 2.05) is 0 Å². The van der Waals surface area contributed by atoms with Crippen LogP contribution in [-0.2, 0) is 6.54 Å². The molecule has 2 heteroatoms. The molecule has 2 nitrogen and oxygen atoms in total. The van der Waals surface area contributed by atoms with E-state index in [2.05, 4.69) is 37.4 Å². The molecule has 2 rings (SSSR count). The van der Waals surface area contributed by atoms with Gasteiger partial charge in [-0.05, 0) is 44.7 Å². The Labute approximate surface area is 117 Å². The molecule has 1 aromatic rings. The lowest BCUT2D eigenvalue weighted by molar-refractivity contribution is 0.249. The Morgan fingerprint density at radius 3 is 2.79 bits per heavy atom. The van der Waals surface area contributed by atoms with Gasteiger partial charge in [-0.1, -0.05) is 37.5 Å². The molecule has 1 aromatic carbocycles. The Hall–Kier alpha value is -1.02. The number of ether oxygens (including phenoxy) is 1. The van der Waals surface area contributed by atoms with Crippen molar-refractivity contribution in [2.24, 2.45) is 5.92 Å². The van der Waals surface area contributed by atoms with Crippen LogP contribution in [0.15, 0.2) is 18.2 Å². The van der Waals surface area contributed by atoms with Crippen molar-refractivity contribution in [2.75, 3.05) is 13.2 Å². The number of aryl methyl sites for hydroxylation is 1. The van der Waals surface area contributed by atoms with Crippen LogP contribution in [0.4, 0.5) is 0 Å². The van der Waals surface area contributed by atoms with Crippen molar-refractivity contribution in [3.05, 3.63) is 29.3 Å². The first-order valence-corrected chi connectivity index (χ1v) is 7.72. The fourth-order valence-electron chi connectivity index (χ4n) is 2.77. The van der Waals surface area contributed by atoms with Crippen LogP contribution >= 0.6 is 0 Å². The maximum atomic E-state index is 6.07. The molecule has 0 bridgehead atoms. The first-order chi connectivity index (χ1) is 9.29. The average molecular weight is 261 g/mol. The smallest absolute Gasteiger partial charge is 0.123 e. The lowest BCUT2D eigenvalue weighted by atomic mass is 10.1. The van der Waals surface area contributed by atoms with Crippen LogP contribution < -0.4 is 10.1 Å². The first kappa shape index (κ1) is 14.4. The van der Waals surface area contributed by atoms with Gasteiger partial charge in [0.25, 0.3) is 0 Å². The summed E-state index contributed by atoms with van der Waals surface area (Å²) in [6.45, 7) is 7.21. The summed E-state index contributed by atoms with van der Waals surface area (Å²) in [6.07, 6.45) is 6.62. The molecule has 0 heterocycles. The highest BCUT2D eigenvalue weighted by Crippen LogP contribution is 2.27. The molecule has 0 saturated heterocycles. The Balaban J connectivity index is 1.92. The van der Waals surface area contributed by atoms with Crippen LogP contribution in [0.25, 0.3) is 0 Å². The van der Waals surface area contributed by atoms with E-state index in [0.29, 0.717) is 0 Å². The highest BCUT2D eigenvalue weighted by molar-refractivity contribution is 5.36. The van der Waals surface area contributed by atoms with Gasteiger partial charge in [-0.15, -0.1) is 0 Å². The summed E-state index contributed by atoms with van der Waals surface area (Å²) in [5, 5.41) is 3.47. The van der Waals surface area contributed by atoms with Crippen LogP contribution in [0.1, 0.15) is 50.2 Å². The fraction of sp³-hybridized carbons (Fsp3) is 0.647. The van der Waals surface area contributed by atoms with E-state index in [0.717, 1.165) is 31.4 Å². The Morgan fingerprint density at radius 1 is 1.26 bits per heavy atom. The molecular formula is C17H27NO. The van der Waals surface area contributed by atoms with Gasteiger partial charge >= 0.3 is 0 Å². The minimum Gasteiger partial charge on any atom is -0.493 e. The van der Waals surface area contributed by atoms with Gasteiger partial charge in [0.2, 0.25) is 0 Å². The van der Waals surface area contributed by atoms with Gasteiger partial charge in [-0.3, -0.25) is 0 Å². The second-order valence-corrected chi connectivity index (χ2v) is 5.75. The van der Waals surface area contributed by atoms with Crippen LogP contribution in [0.3, 0.4) is 0 Å². The lowest BCUT2D eigenvalue weighted by Crippen LogP contribution is -2.16. The Bertz CT molecular complexity index is 383. The van der Waals surface area contributed by atoms with Gasteiger partial charge in [0.1, 0.15) is 5.75 Å². The fourth-order valence-corrected chi connectivity index (χ4v) is 2.77. The molecule has 0 aliphatic heterocycles. The maximum absolute atomic E-state index is 6.07. The van der Waals surface area contributed by atoms with Crippen molar-refractivity contribution in [3.8, 4) is 5.75 Å². The standard InChI is InChI=1S/C17H27NO/c1-3-10-18-12-16-11-14(2)8-9-17(16)19-13-15-6-4-5-7-15/h8-9,11,15,18H,3-7,10,12-13H2,1-2H3. The maximum Gasteiger partial charge on any atom is 0.123 e. The largest absolute Gasteiger partial charge is 0.493 e. The van der Waals surface area contributed by atoms with Crippen LogP contribution in [0.2, 0.25) is 0 Å². The number of hydrogen-bond acceptors (Lipinski definition) is 2. The van der Waals surface area contributed by atoms with Gasteiger partial charge in [-0.25, -0.2) is 0 Å². The van der Waals surface area contributed by atoms with E-state index in [4.69, 9.17) is 4.74 Å². The summed E-state index contributed by atoms with van der Waals surface area (Å²) in [5.74, 6) is 1.85. The molecule has 1 N–H and O–H groups in total. The quantitative estimate of drug-likeness (QED) is 0.747. The van der Waals surface area contributed by atoms with Crippen molar-refractivity contribution < 1.29 is 4.74 Å². The number of nitrogens with one attached hydrogen (secondary N) is 1. The normalized spacial score (nSPS) is 15.9. The first-order valence-electron chi connectivity index (χ1n) is 7.72. The van der Waals surface area contributed by atoms with Crippen molar-refractivity contribution in [3.63, 3.8) is 0 Å². The second kappa shape index (κ2) is 7.54. The van der Waals surface area contributed by atoms with Crippen molar-refractivity contribution in [1.29, 1.82) is 0 Å². The summed E-state index contributed by atoms with van der Waals surface area (Å²) in [6, 6.07) is 6.52. The molecule has 0 radical (unpaired) electrons. The predicted octanol–water partition coefficient (Wildman–Crippen LogP) is 4.06. The van der Waals surface area contributed by atoms with Gasteiger partial charge in [0, 0.05) is 12.1 Å². The third kappa shape index (κ3) is 4.54. The zero-order valence-electron chi connectivity index (χ0n) is 12.4. The SMILES string of the molecule is CCCNCc1cc(C)ccc1OCC1CCCC1. The van der Waals surface area contributed by atoms with E-state index in [1.165, 1.54) is 43.2 Å². The molecule has 0 aromatic heterocycles. The van der Waals surface area contributed by atoms with Crippen LogP contribution in [0, 0.1) is 12.8 Å². The summed E-state index contributed by atoms with van der Waals surface area (Å²) in [4.78, 5) is 0. The summed E-state index contributed by atoms with van der Waals surface area (Å²) in [5.41, 5.74) is 2.60. The molecule has 0 amide bonds. The Morgan fingerprint density at radius 2 is 2.05 bits per heavy atom. The van der Waals surface area contributed by atoms with E-state index in [-0.39, 0.29) is 0 Å². The molecule has 1 aliphatic rings. The predicted molar refractivity (Wildman–Crippen MR) is 80.6 cm³/mol. The molecular weight excluding hydrogens is 234 g/mol. The molecule has 1 saturated carbocycles. The minimum atomic E-state index is 0.776. The van der Waals surface area contributed by atoms with E-state index in [1.54, 1.807) is 0 Å². The van der Waals surface area contributed by atoms with E-state index >= 15 is 0 Å². The van der Waals surface area contributed by atoms with Crippen molar-refractivity contribution >= 4 is 0 Å². The zero-order valence-corrected chi connectivity index (χ0v) is 12.4. The Kier molecular flexibility index (Phi) is 5.71. The molecule has 1 aliphatic carbocycles. The third-order valence-corrected chi connectivity index (χ3v) is 3.91. The molecule has 106 valence electrons. The summed E-state index contributed by atoms with van der Waals surface area (Å²) in [7, 11) is 0. The monoisotopic (exact) mass is 261 g/mol. The lowest BCUT2D eigenvalue weighted by Gasteiger charge is -2.15. The van der Waals surface area contributed by atoms with E-state index in [9.17, 15) is 0 Å². The summed E-state index contributed by atoms with van der Waals surface area (Å²) < 4.78 is 6.07. The summed E-state index contributed by atoms with van der Waals surface area (Å²) >= 11 is 0. The van der Waals surface area contributed by atoms with Gasteiger partial charge < -0.3 is 10.1 Å². The van der Waals surface area contributed by atoms with Crippen LogP contribution in [-0.4, -0.2) is 13.2 Å². The molecule has 1 fully saturated rings. The highest BCUT2D eigenvalue weighted by atomic mass is 16.5. The molecule has 0 unspecified atom stereocenters.